The van der Waals surface area contributed by atoms with E-state index in [4.69, 9.17) is 27.9 Å². The van der Waals surface area contributed by atoms with Gasteiger partial charge in [-0.25, -0.2) is 0 Å². The summed E-state index contributed by atoms with van der Waals surface area (Å²) >= 11 is 11.8. The first-order valence-electron chi connectivity index (χ1n) is 5.03. The lowest BCUT2D eigenvalue weighted by Crippen LogP contribution is -2.14. The van der Waals surface area contributed by atoms with Crippen LogP contribution in [0.5, 0.6) is 5.75 Å². The SMILES string of the molecule is C=C(CNC)COc1c(Cl)cc([N+](=O)[O-])cc1Cl. The van der Waals surface area contributed by atoms with E-state index in [2.05, 4.69) is 11.9 Å². The van der Waals surface area contributed by atoms with Crippen LogP contribution in [-0.4, -0.2) is 25.1 Å². The number of non-ortho nitro benzene ring substituents is 1. The second-order valence-electron chi connectivity index (χ2n) is 3.56. The molecule has 1 aromatic carbocycles. The van der Waals surface area contributed by atoms with Crippen molar-refractivity contribution in [1.29, 1.82) is 0 Å². The van der Waals surface area contributed by atoms with Crippen LogP contribution in [0.4, 0.5) is 5.69 Å². The normalized spacial score (nSPS) is 10.2. The standard InChI is InChI=1S/C11H12Cl2N2O3/c1-7(5-14-2)6-18-11-9(12)3-8(15(16)17)4-10(11)13/h3-4,14H,1,5-6H2,2H3. The summed E-state index contributed by atoms with van der Waals surface area (Å²) in [4.78, 5) is 10.0. The fourth-order valence-electron chi connectivity index (χ4n) is 1.27. The maximum absolute atomic E-state index is 10.6. The first-order valence-corrected chi connectivity index (χ1v) is 5.78. The van der Waals surface area contributed by atoms with Crippen LogP contribution in [0, 0.1) is 10.1 Å². The highest BCUT2D eigenvalue weighted by atomic mass is 35.5. The number of nitro benzene ring substituents is 1. The minimum atomic E-state index is -0.568. The number of benzene rings is 1. The van der Waals surface area contributed by atoms with Crippen LogP contribution < -0.4 is 10.1 Å². The molecule has 0 unspecified atom stereocenters. The molecule has 0 fully saturated rings. The molecule has 5 nitrogen and oxygen atoms in total. The van der Waals surface area contributed by atoms with E-state index in [1.165, 1.54) is 12.1 Å². The summed E-state index contributed by atoms with van der Waals surface area (Å²) in [5.41, 5.74) is 0.634. The number of ether oxygens (including phenoxy) is 1. The van der Waals surface area contributed by atoms with Gasteiger partial charge in [0, 0.05) is 18.7 Å². The largest absolute Gasteiger partial charge is 0.486 e. The number of hydrogen-bond acceptors (Lipinski definition) is 4. The Labute approximate surface area is 114 Å². The van der Waals surface area contributed by atoms with Crippen LogP contribution in [0.3, 0.4) is 0 Å². The van der Waals surface area contributed by atoms with Gasteiger partial charge in [-0.2, -0.15) is 0 Å². The van der Waals surface area contributed by atoms with Crippen LogP contribution in [0.25, 0.3) is 0 Å². The van der Waals surface area contributed by atoms with Crippen molar-refractivity contribution >= 4 is 28.9 Å². The third kappa shape index (κ3) is 3.87. The third-order valence-corrected chi connectivity index (χ3v) is 2.60. The Morgan fingerprint density at radius 3 is 2.50 bits per heavy atom. The molecule has 0 saturated carbocycles. The van der Waals surface area contributed by atoms with E-state index < -0.39 is 4.92 Å². The van der Waals surface area contributed by atoms with E-state index in [0.29, 0.717) is 6.54 Å². The second-order valence-corrected chi connectivity index (χ2v) is 4.38. The van der Waals surface area contributed by atoms with Gasteiger partial charge >= 0.3 is 0 Å². The van der Waals surface area contributed by atoms with Crippen molar-refractivity contribution in [2.24, 2.45) is 0 Å². The van der Waals surface area contributed by atoms with Crippen LogP contribution in [0.1, 0.15) is 0 Å². The number of nitrogens with zero attached hydrogens (tertiary/aromatic N) is 1. The summed E-state index contributed by atoms with van der Waals surface area (Å²) in [6.45, 7) is 4.62. The maximum atomic E-state index is 10.6. The molecule has 0 heterocycles. The van der Waals surface area contributed by atoms with Gasteiger partial charge in [0.15, 0.2) is 5.75 Å². The summed E-state index contributed by atoms with van der Waals surface area (Å²) < 4.78 is 5.39. The average Bonchev–Trinajstić information content (AvgIpc) is 2.27. The molecule has 18 heavy (non-hydrogen) atoms. The van der Waals surface area contributed by atoms with Crippen LogP contribution in [0.15, 0.2) is 24.3 Å². The van der Waals surface area contributed by atoms with E-state index >= 15 is 0 Å². The fraction of sp³-hybridized carbons (Fsp3) is 0.273. The Hall–Kier alpha value is -1.30. The Morgan fingerprint density at radius 1 is 1.50 bits per heavy atom. The van der Waals surface area contributed by atoms with Crippen molar-refractivity contribution in [3.63, 3.8) is 0 Å². The second kappa shape index (κ2) is 6.58. The molecule has 0 amide bonds. The number of halogens is 2. The summed E-state index contributed by atoms with van der Waals surface area (Å²) in [6.07, 6.45) is 0. The highest BCUT2D eigenvalue weighted by molar-refractivity contribution is 6.37. The Morgan fingerprint density at radius 2 is 2.06 bits per heavy atom. The predicted octanol–water partition coefficient (Wildman–Crippen LogP) is 3.06. The topological polar surface area (TPSA) is 64.4 Å². The van der Waals surface area contributed by atoms with Crippen molar-refractivity contribution < 1.29 is 9.66 Å². The average molecular weight is 291 g/mol. The minimum absolute atomic E-state index is 0.103. The van der Waals surface area contributed by atoms with E-state index in [0.717, 1.165) is 5.57 Å². The molecule has 98 valence electrons. The molecule has 1 rings (SSSR count). The van der Waals surface area contributed by atoms with Crippen molar-refractivity contribution in [2.45, 2.75) is 0 Å². The maximum Gasteiger partial charge on any atom is 0.272 e. The predicted molar refractivity (Wildman–Crippen MR) is 71.7 cm³/mol. The zero-order valence-corrected chi connectivity index (χ0v) is 11.2. The van der Waals surface area contributed by atoms with Crippen molar-refractivity contribution in [1.82, 2.24) is 5.32 Å². The first kappa shape index (κ1) is 14.8. The van der Waals surface area contributed by atoms with E-state index in [1.54, 1.807) is 7.05 Å². The van der Waals surface area contributed by atoms with Crippen molar-refractivity contribution in [2.75, 3.05) is 20.2 Å². The number of nitrogens with one attached hydrogen (secondary N) is 1. The van der Waals surface area contributed by atoms with Gasteiger partial charge in [0.1, 0.15) is 6.61 Å². The van der Waals surface area contributed by atoms with Crippen LogP contribution in [0.2, 0.25) is 10.0 Å². The van der Waals surface area contributed by atoms with Gasteiger partial charge in [0.2, 0.25) is 0 Å². The highest BCUT2D eigenvalue weighted by Gasteiger charge is 2.15. The smallest absolute Gasteiger partial charge is 0.272 e. The summed E-state index contributed by atoms with van der Waals surface area (Å²) in [7, 11) is 1.79. The van der Waals surface area contributed by atoms with Crippen molar-refractivity contribution in [3.8, 4) is 5.75 Å². The molecule has 0 saturated heterocycles. The molecular formula is C11H12Cl2N2O3. The van der Waals surface area contributed by atoms with Gasteiger partial charge < -0.3 is 10.1 Å². The lowest BCUT2D eigenvalue weighted by atomic mass is 10.3. The molecule has 0 aliphatic heterocycles. The van der Waals surface area contributed by atoms with Gasteiger partial charge in [-0.05, 0) is 12.6 Å². The summed E-state index contributed by atoms with van der Waals surface area (Å²) in [6, 6.07) is 2.40. The number of hydrogen-bond donors (Lipinski definition) is 1. The highest BCUT2D eigenvalue weighted by Crippen LogP contribution is 2.36. The van der Waals surface area contributed by atoms with Gasteiger partial charge in [0.05, 0.1) is 15.0 Å². The monoisotopic (exact) mass is 290 g/mol. The van der Waals surface area contributed by atoms with Crippen LogP contribution in [-0.2, 0) is 0 Å². The van der Waals surface area contributed by atoms with E-state index in [1.807, 2.05) is 0 Å². The molecule has 7 heteroatoms. The minimum Gasteiger partial charge on any atom is -0.486 e. The molecule has 0 atom stereocenters. The summed E-state index contributed by atoms with van der Waals surface area (Å²) in [5, 5.41) is 13.7. The zero-order valence-electron chi connectivity index (χ0n) is 9.70. The Kier molecular flexibility index (Phi) is 5.40. The molecule has 0 bridgehead atoms. The summed E-state index contributed by atoms with van der Waals surface area (Å²) in [5.74, 6) is 0.223. The number of likely N-dealkylation sites (N-methyl/N-ethyl adjacent to an activating group) is 1. The fourth-order valence-corrected chi connectivity index (χ4v) is 1.85. The Bertz CT molecular complexity index is 454. The molecule has 0 radical (unpaired) electrons. The molecule has 0 aliphatic rings. The van der Waals surface area contributed by atoms with E-state index in [9.17, 15) is 10.1 Å². The number of nitro groups is 1. The van der Waals surface area contributed by atoms with E-state index in [-0.39, 0.29) is 28.1 Å². The molecule has 0 spiro atoms. The van der Waals surface area contributed by atoms with Gasteiger partial charge in [-0.1, -0.05) is 29.8 Å². The van der Waals surface area contributed by atoms with Crippen molar-refractivity contribution in [3.05, 3.63) is 44.4 Å². The van der Waals surface area contributed by atoms with Gasteiger partial charge in [0.25, 0.3) is 5.69 Å². The molecule has 1 N–H and O–H groups in total. The van der Waals surface area contributed by atoms with Gasteiger partial charge in [-0.3, -0.25) is 10.1 Å². The Balaban J connectivity index is 2.84. The molecular weight excluding hydrogens is 279 g/mol. The molecule has 0 aromatic heterocycles. The third-order valence-electron chi connectivity index (χ3n) is 2.04. The van der Waals surface area contributed by atoms with Gasteiger partial charge in [-0.15, -0.1) is 0 Å². The molecule has 0 aliphatic carbocycles. The lowest BCUT2D eigenvalue weighted by molar-refractivity contribution is -0.384. The molecule has 1 aromatic rings. The lowest BCUT2D eigenvalue weighted by Gasteiger charge is -2.11. The number of rotatable bonds is 6. The zero-order chi connectivity index (χ0) is 13.7. The first-order chi connectivity index (χ1) is 8.45. The van der Waals surface area contributed by atoms with Crippen LogP contribution >= 0.6 is 23.2 Å². The quantitative estimate of drug-likeness (QED) is 0.497.